The summed E-state index contributed by atoms with van der Waals surface area (Å²) >= 11 is 0. The first-order chi connectivity index (χ1) is 16.8. The number of H-pyrrole nitrogens is 1. The van der Waals surface area contributed by atoms with Gasteiger partial charge in [0.15, 0.2) is 0 Å². The fourth-order valence-corrected chi connectivity index (χ4v) is 4.02. The van der Waals surface area contributed by atoms with Gasteiger partial charge in [-0.2, -0.15) is 18.3 Å². The van der Waals surface area contributed by atoms with E-state index in [0.29, 0.717) is 17.3 Å². The average molecular weight is 487 g/mol. The van der Waals surface area contributed by atoms with Crippen molar-refractivity contribution in [2.45, 2.75) is 43.8 Å². The minimum absolute atomic E-state index is 0.00372. The Hall–Kier alpha value is -4.09. The first-order valence-electron chi connectivity index (χ1n) is 11.0. The fraction of sp³-hybridized carbons (Fsp3) is 0.304. The molecule has 0 spiro atoms. The maximum atomic E-state index is 12.9. The zero-order valence-electron chi connectivity index (χ0n) is 18.5. The highest BCUT2D eigenvalue weighted by Gasteiger charge is 2.30. The molecule has 4 rings (SSSR count). The van der Waals surface area contributed by atoms with Gasteiger partial charge in [0.1, 0.15) is 12.2 Å². The first kappa shape index (κ1) is 24.0. The van der Waals surface area contributed by atoms with Gasteiger partial charge in [0.05, 0.1) is 5.56 Å². The predicted octanol–water partition coefficient (Wildman–Crippen LogP) is 5.32. The van der Waals surface area contributed by atoms with Crippen molar-refractivity contribution in [2.75, 3.05) is 16.0 Å². The standard InChI is InChI=1S/C23H24F3N7O2/c24-23(25,26)15-3-1-4-17(11-15)30-22(35)32-19-6-2-5-18(12-19)31-21(34)29-16-9-7-14(8-10-16)20-27-13-28-33-20/h1-6,11-14,16H,7-10H2,(H,27,28,33)(H2,29,31,34)(H2,30,32,35). The van der Waals surface area contributed by atoms with Gasteiger partial charge in [-0.05, 0) is 62.1 Å². The highest BCUT2D eigenvalue weighted by atomic mass is 19.4. The smallest absolute Gasteiger partial charge is 0.335 e. The van der Waals surface area contributed by atoms with Crippen LogP contribution in [-0.4, -0.2) is 33.3 Å². The average Bonchev–Trinajstić information content (AvgIpc) is 3.34. The number of aromatic amines is 1. The molecule has 1 aliphatic carbocycles. The van der Waals surface area contributed by atoms with Crippen LogP contribution in [0.5, 0.6) is 0 Å². The van der Waals surface area contributed by atoms with Crippen molar-refractivity contribution in [3.05, 3.63) is 66.2 Å². The molecule has 1 heterocycles. The number of alkyl halides is 3. The number of benzene rings is 2. The number of nitrogens with zero attached hydrogens (tertiary/aromatic N) is 2. The molecule has 0 atom stereocenters. The Morgan fingerprint density at radius 2 is 1.46 bits per heavy atom. The lowest BCUT2D eigenvalue weighted by Crippen LogP contribution is -2.40. The maximum absolute atomic E-state index is 12.9. The van der Waals surface area contributed by atoms with Crippen LogP contribution < -0.4 is 21.3 Å². The number of carbonyl (C=O) groups excluding carboxylic acids is 2. The van der Waals surface area contributed by atoms with Crippen molar-refractivity contribution in [1.82, 2.24) is 20.5 Å². The van der Waals surface area contributed by atoms with Crippen LogP contribution in [0.4, 0.5) is 39.8 Å². The molecule has 3 aromatic rings. The van der Waals surface area contributed by atoms with Crippen LogP contribution in [0.3, 0.4) is 0 Å². The third-order valence-corrected chi connectivity index (χ3v) is 5.71. The number of nitrogens with one attached hydrogen (secondary N) is 5. The highest BCUT2D eigenvalue weighted by molar-refractivity contribution is 6.00. The number of amides is 4. The van der Waals surface area contributed by atoms with Gasteiger partial charge >= 0.3 is 18.2 Å². The van der Waals surface area contributed by atoms with Crippen molar-refractivity contribution in [3.63, 3.8) is 0 Å². The summed E-state index contributed by atoms with van der Waals surface area (Å²) in [6.07, 6.45) is 0.392. The molecule has 1 aliphatic rings. The fourth-order valence-electron chi connectivity index (χ4n) is 4.02. The van der Waals surface area contributed by atoms with Crippen LogP contribution in [0.2, 0.25) is 0 Å². The number of anilines is 3. The Morgan fingerprint density at radius 1 is 0.857 bits per heavy atom. The van der Waals surface area contributed by atoms with Crippen LogP contribution in [0.15, 0.2) is 54.9 Å². The number of hydrogen-bond donors (Lipinski definition) is 5. The summed E-state index contributed by atoms with van der Waals surface area (Å²) in [5.41, 5.74) is -0.0439. The molecule has 35 heavy (non-hydrogen) atoms. The minimum Gasteiger partial charge on any atom is -0.335 e. The van der Waals surface area contributed by atoms with Gasteiger partial charge in [-0.25, -0.2) is 14.6 Å². The molecule has 0 radical (unpaired) electrons. The van der Waals surface area contributed by atoms with Crippen molar-refractivity contribution in [1.29, 1.82) is 0 Å². The van der Waals surface area contributed by atoms with E-state index in [-0.39, 0.29) is 17.8 Å². The van der Waals surface area contributed by atoms with Crippen molar-refractivity contribution >= 4 is 29.1 Å². The lowest BCUT2D eigenvalue weighted by molar-refractivity contribution is -0.137. The second-order valence-corrected chi connectivity index (χ2v) is 8.26. The SMILES string of the molecule is O=C(Nc1cccc(NC(=O)NC2CCC(c3ncn[nH]3)CC2)c1)Nc1cccc(C(F)(F)F)c1. The van der Waals surface area contributed by atoms with Crippen molar-refractivity contribution in [3.8, 4) is 0 Å². The van der Waals surface area contributed by atoms with Gasteiger partial charge in [0, 0.05) is 29.0 Å². The first-order valence-corrected chi connectivity index (χ1v) is 11.0. The van der Waals surface area contributed by atoms with Gasteiger partial charge in [-0.15, -0.1) is 0 Å². The Bertz CT molecular complexity index is 1160. The summed E-state index contributed by atoms with van der Waals surface area (Å²) in [5, 5.41) is 17.4. The topological polar surface area (TPSA) is 124 Å². The van der Waals surface area contributed by atoms with E-state index in [0.717, 1.165) is 43.6 Å². The van der Waals surface area contributed by atoms with Crippen LogP contribution >= 0.6 is 0 Å². The number of urea groups is 2. The number of rotatable bonds is 5. The van der Waals surface area contributed by atoms with E-state index in [4.69, 9.17) is 0 Å². The van der Waals surface area contributed by atoms with Crippen molar-refractivity contribution < 1.29 is 22.8 Å². The lowest BCUT2D eigenvalue weighted by atomic mass is 9.85. The molecule has 1 saturated carbocycles. The van der Waals surface area contributed by atoms with Gasteiger partial charge in [0.2, 0.25) is 0 Å². The van der Waals surface area contributed by atoms with Gasteiger partial charge < -0.3 is 21.3 Å². The lowest BCUT2D eigenvalue weighted by Gasteiger charge is -2.27. The molecule has 1 aromatic heterocycles. The second-order valence-electron chi connectivity index (χ2n) is 8.26. The Labute approximate surface area is 198 Å². The monoisotopic (exact) mass is 487 g/mol. The van der Waals surface area contributed by atoms with Gasteiger partial charge in [-0.3, -0.25) is 5.10 Å². The normalized spacial score (nSPS) is 17.9. The van der Waals surface area contributed by atoms with E-state index in [1.54, 1.807) is 24.3 Å². The number of carbonyl (C=O) groups is 2. The molecular weight excluding hydrogens is 463 g/mol. The largest absolute Gasteiger partial charge is 0.416 e. The van der Waals surface area contributed by atoms with E-state index in [1.165, 1.54) is 18.5 Å². The van der Waals surface area contributed by atoms with Crippen LogP contribution in [-0.2, 0) is 6.18 Å². The van der Waals surface area contributed by atoms with E-state index < -0.39 is 17.8 Å². The van der Waals surface area contributed by atoms with E-state index >= 15 is 0 Å². The summed E-state index contributed by atoms with van der Waals surface area (Å²) in [7, 11) is 0. The predicted molar refractivity (Wildman–Crippen MR) is 124 cm³/mol. The minimum atomic E-state index is -4.51. The molecule has 12 heteroatoms. The molecule has 9 nitrogen and oxygen atoms in total. The zero-order chi connectivity index (χ0) is 24.8. The zero-order valence-corrected chi connectivity index (χ0v) is 18.5. The molecule has 0 aliphatic heterocycles. The summed E-state index contributed by atoms with van der Waals surface area (Å²) in [5.74, 6) is 1.18. The summed E-state index contributed by atoms with van der Waals surface area (Å²) in [6.45, 7) is 0. The molecule has 2 aromatic carbocycles. The Balaban J connectivity index is 1.26. The molecule has 0 unspecified atom stereocenters. The summed E-state index contributed by atoms with van der Waals surface area (Å²) in [4.78, 5) is 28.9. The molecule has 0 bridgehead atoms. The third-order valence-electron chi connectivity index (χ3n) is 5.71. The van der Waals surface area contributed by atoms with E-state index in [9.17, 15) is 22.8 Å². The molecule has 0 saturated heterocycles. The van der Waals surface area contributed by atoms with E-state index in [1.807, 2.05) is 0 Å². The quantitative estimate of drug-likeness (QED) is 0.334. The van der Waals surface area contributed by atoms with Crippen LogP contribution in [0.1, 0.15) is 43.0 Å². The molecule has 184 valence electrons. The molecule has 4 amide bonds. The Kier molecular flexibility index (Phi) is 7.18. The molecule has 5 N–H and O–H groups in total. The van der Waals surface area contributed by atoms with Gasteiger partial charge in [0.25, 0.3) is 0 Å². The van der Waals surface area contributed by atoms with Crippen LogP contribution in [0.25, 0.3) is 0 Å². The second kappa shape index (κ2) is 10.5. The van der Waals surface area contributed by atoms with Gasteiger partial charge in [-0.1, -0.05) is 12.1 Å². The molecular formula is C23H24F3N7O2. The van der Waals surface area contributed by atoms with E-state index in [2.05, 4.69) is 36.4 Å². The van der Waals surface area contributed by atoms with Crippen molar-refractivity contribution in [2.24, 2.45) is 0 Å². The Morgan fingerprint density at radius 3 is 2.06 bits per heavy atom. The highest BCUT2D eigenvalue weighted by Crippen LogP contribution is 2.31. The summed E-state index contributed by atoms with van der Waals surface area (Å²) in [6, 6.07) is 9.74. The number of aromatic nitrogens is 3. The molecule has 1 fully saturated rings. The van der Waals surface area contributed by atoms with Crippen LogP contribution in [0, 0.1) is 0 Å². The third kappa shape index (κ3) is 6.71. The summed E-state index contributed by atoms with van der Waals surface area (Å²) < 4.78 is 38.6. The number of hydrogen-bond acceptors (Lipinski definition) is 4. The maximum Gasteiger partial charge on any atom is 0.416 e. The number of halogens is 3.